The highest BCUT2D eigenvalue weighted by Crippen LogP contribution is 2.30. The zero-order valence-corrected chi connectivity index (χ0v) is 19.2. The van der Waals surface area contributed by atoms with Gasteiger partial charge in [0.05, 0.1) is 16.8 Å². The lowest BCUT2D eigenvalue weighted by Crippen LogP contribution is -2.34. The fourth-order valence-electron chi connectivity index (χ4n) is 3.99. The Balaban J connectivity index is 0.00000132. The van der Waals surface area contributed by atoms with Gasteiger partial charge in [0.2, 0.25) is 0 Å². The molecule has 1 aliphatic carbocycles. The first-order chi connectivity index (χ1) is 15.0. The van der Waals surface area contributed by atoms with Crippen LogP contribution in [0, 0.1) is 6.92 Å². The first-order valence-electron chi connectivity index (χ1n) is 11.2. The number of benzene rings is 2. The number of carbonyl (C=O) groups is 1. The van der Waals surface area contributed by atoms with Gasteiger partial charge in [-0.1, -0.05) is 56.3 Å². The van der Waals surface area contributed by atoms with Crippen LogP contribution < -0.4 is 15.4 Å². The molecule has 1 heterocycles. The molecule has 4 rings (SSSR count). The normalized spacial score (nSPS) is 13.0. The third-order valence-corrected chi connectivity index (χ3v) is 5.30. The van der Waals surface area contributed by atoms with Gasteiger partial charge in [0.1, 0.15) is 6.73 Å². The summed E-state index contributed by atoms with van der Waals surface area (Å²) in [6.45, 7) is 10.1. The fraction of sp³-hybridized carbons (Fsp3) is 0.385. The Morgan fingerprint density at radius 1 is 1.06 bits per heavy atom. The average molecular weight is 420 g/mol. The summed E-state index contributed by atoms with van der Waals surface area (Å²) < 4.78 is 6.11. The van der Waals surface area contributed by atoms with E-state index in [2.05, 4.69) is 39.9 Å². The van der Waals surface area contributed by atoms with E-state index in [1.165, 1.54) is 11.1 Å². The van der Waals surface area contributed by atoms with Crippen LogP contribution in [0.5, 0.6) is 5.75 Å². The molecular formula is C26H33N3O2. The number of rotatable bonds is 6. The predicted octanol–water partition coefficient (Wildman–Crippen LogP) is 4.80. The molecule has 0 saturated heterocycles. The number of para-hydroxylation sites is 1. The van der Waals surface area contributed by atoms with Crippen molar-refractivity contribution in [2.24, 2.45) is 0 Å². The number of hydrogen-bond acceptors (Lipinski definition) is 4. The van der Waals surface area contributed by atoms with E-state index in [0.29, 0.717) is 29.8 Å². The standard InChI is InChI=1S/C24H27N3O2.C2H6/c1-15(2)26-24(28)22-20-10-6-7-11-21(20)27-16(3)23(22)29-14-25-19-12-17-8-4-5-9-18(17)13-19;1-2/h4-11,15,19,25H,12-14H2,1-3H3,(H,26,28);1-2H3. The van der Waals surface area contributed by atoms with Gasteiger partial charge < -0.3 is 10.1 Å². The maximum atomic E-state index is 13.0. The second-order valence-corrected chi connectivity index (χ2v) is 7.91. The Bertz CT molecular complexity index is 1020. The number of amides is 1. The molecule has 1 amide bonds. The largest absolute Gasteiger partial charge is 0.476 e. The smallest absolute Gasteiger partial charge is 0.256 e. The van der Waals surface area contributed by atoms with E-state index < -0.39 is 0 Å². The number of aromatic nitrogens is 1. The van der Waals surface area contributed by atoms with Crippen LogP contribution in [0.3, 0.4) is 0 Å². The van der Waals surface area contributed by atoms with Crippen LogP contribution in [0.4, 0.5) is 0 Å². The van der Waals surface area contributed by atoms with E-state index in [4.69, 9.17) is 4.74 Å². The molecule has 0 fully saturated rings. The zero-order valence-electron chi connectivity index (χ0n) is 19.2. The molecule has 2 N–H and O–H groups in total. The van der Waals surface area contributed by atoms with Crippen LogP contribution in [0.25, 0.3) is 10.9 Å². The predicted molar refractivity (Wildman–Crippen MR) is 127 cm³/mol. The number of nitrogens with one attached hydrogen (secondary N) is 2. The minimum Gasteiger partial charge on any atom is -0.476 e. The number of hydrogen-bond donors (Lipinski definition) is 2. The van der Waals surface area contributed by atoms with Gasteiger partial charge in [-0.15, -0.1) is 0 Å². The molecule has 0 aliphatic heterocycles. The van der Waals surface area contributed by atoms with Crippen molar-refractivity contribution in [1.82, 2.24) is 15.6 Å². The van der Waals surface area contributed by atoms with Gasteiger partial charge in [-0.2, -0.15) is 0 Å². The summed E-state index contributed by atoms with van der Waals surface area (Å²) in [6.07, 6.45) is 1.99. The molecule has 0 saturated carbocycles. The monoisotopic (exact) mass is 419 g/mol. The van der Waals surface area contributed by atoms with Crippen molar-refractivity contribution in [3.63, 3.8) is 0 Å². The van der Waals surface area contributed by atoms with E-state index in [0.717, 1.165) is 23.7 Å². The lowest BCUT2D eigenvalue weighted by molar-refractivity contribution is 0.0940. The Morgan fingerprint density at radius 3 is 2.32 bits per heavy atom. The van der Waals surface area contributed by atoms with Crippen LogP contribution in [-0.2, 0) is 12.8 Å². The van der Waals surface area contributed by atoms with Gasteiger partial charge in [-0.25, -0.2) is 4.98 Å². The maximum absolute atomic E-state index is 13.0. The molecule has 0 radical (unpaired) electrons. The summed E-state index contributed by atoms with van der Waals surface area (Å²) in [7, 11) is 0. The van der Waals surface area contributed by atoms with Crippen molar-refractivity contribution >= 4 is 16.8 Å². The number of carbonyl (C=O) groups excluding carboxylic acids is 1. The summed E-state index contributed by atoms with van der Waals surface area (Å²) in [5.41, 5.74) is 4.86. The molecule has 31 heavy (non-hydrogen) atoms. The number of fused-ring (bicyclic) bond motifs is 2. The lowest BCUT2D eigenvalue weighted by Gasteiger charge is -2.19. The van der Waals surface area contributed by atoms with Crippen molar-refractivity contribution in [2.45, 2.75) is 59.5 Å². The molecule has 0 unspecified atom stereocenters. The minimum absolute atomic E-state index is 0.0395. The van der Waals surface area contributed by atoms with Gasteiger partial charge in [0.15, 0.2) is 5.75 Å². The fourth-order valence-corrected chi connectivity index (χ4v) is 3.99. The molecule has 5 heteroatoms. The van der Waals surface area contributed by atoms with Gasteiger partial charge in [0.25, 0.3) is 5.91 Å². The number of ether oxygens (including phenoxy) is 1. The van der Waals surface area contributed by atoms with Gasteiger partial charge >= 0.3 is 0 Å². The zero-order chi connectivity index (χ0) is 22.4. The van der Waals surface area contributed by atoms with Gasteiger partial charge in [-0.3, -0.25) is 10.1 Å². The molecule has 2 aromatic carbocycles. The number of pyridine rings is 1. The molecule has 0 spiro atoms. The van der Waals surface area contributed by atoms with Crippen molar-refractivity contribution in [2.75, 3.05) is 6.73 Å². The third-order valence-electron chi connectivity index (χ3n) is 5.30. The summed E-state index contributed by atoms with van der Waals surface area (Å²) in [6, 6.07) is 16.6. The summed E-state index contributed by atoms with van der Waals surface area (Å²) in [5, 5.41) is 7.28. The van der Waals surface area contributed by atoms with Crippen molar-refractivity contribution < 1.29 is 9.53 Å². The molecule has 3 aromatic rings. The first kappa shape index (κ1) is 22.8. The topological polar surface area (TPSA) is 63.2 Å². The third kappa shape index (κ3) is 5.23. The Hall–Kier alpha value is -2.92. The first-order valence-corrected chi connectivity index (χ1v) is 11.2. The molecule has 0 atom stereocenters. The van der Waals surface area contributed by atoms with Crippen LogP contribution in [0.2, 0.25) is 0 Å². The average Bonchev–Trinajstić information content (AvgIpc) is 3.17. The van der Waals surface area contributed by atoms with Crippen LogP contribution in [0.1, 0.15) is 54.9 Å². The second-order valence-electron chi connectivity index (χ2n) is 7.91. The molecule has 5 nitrogen and oxygen atoms in total. The highest BCUT2D eigenvalue weighted by atomic mass is 16.5. The Labute approximate surface area is 185 Å². The van der Waals surface area contributed by atoms with Crippen LogP contribution >= 0.6 is 0 Å². The highest BCUT2D eigenvalue weighted by Gasteiger charge is 2.23. The van der Waals surface area contributed by atoms with E-state index >= 15 is 0 Å². The quantitative estimate of drug-likeness (QED) is 0.563. The summed E-state index contributed by atoms with van der Waals surface area (Å²) in [4.78, 5) is 17.6. The number of nitrogens with zero attached hydrogens (tertiary/aromatic N) is 1. The van der Waals surface area contributed by atoms with Crippen LogP contribution in [0.15, 0.2) is 48.5 Å². The van der Waals surface area contributed by atoms with Gasteiger partial charge in [-0.05, 0) is 50.8 Å². The SMILES string of the molecule is CC.Cc1nc2ccccc2c(C(=O)NC(C)C)c1OCNC1Cc2ccccc2C1. The molecular weight excluding hydrogens is 386 g/mol. The summed E-state index contributed by atoms with van der Waals surface area (Å²) >= 11 is 0. The highest BCUT2D eigenvalue weighted by molar-refractivity contribution is 6.08. The summed E-state index contributed by atoms with van der Waals surface area (Å²) in [5.74, 6) is 0.412. The lowest BCUT2D eigenvalue weighted by atomic mass is 10.1. The Kier molecular flexibility index (Phi) is 7.64. The van der Waals surface area contributed by atoms with E-state index in [1.54, 1.807) is 0 Å². The minimum atomic E-state index is -0.134. The van der Waals surface area contributed by atoms with Crippen molar-refractivity contribution in [1.29, 1.82) is 0 Å². The molecule has 164 valence electrons. The van der Waals surface area contributed by atoms with Crippen molar-refractivity contribution in [3.05, 3.63) is 70.9 Å². The molecule has 1 aromatic heterocycles. The second kappa shape index (κ2) is 10.4. The maximum Gasteiger partial charge on any atom is 0.256 e. The van der Waals surface area contributed by atoms with Gasteiger partial charge in [0, 0.05) is 17.5 Å². The van der Waals surface area contributed by atoms with Crippen LogP contribution in [-0.4, -0.2) is 29.7 Å². The van der Waals surface area contributed by atoms with Crippen molar-refractivity contribution in [3.8, 4) is 5.75 Å². The molecule has 0 bridgehead atoms. The Morgan fingerprint density at radius 2 is 1.68 bits per heavy atom. The van der Waals surface area contributed by atoms with E-state index in [1.807, 2.05) is 58.9 Å². The number of aryl methyl sites for hydroxylation is 1. The van der Waals surface area contributed by atoms with E-state index in [9.17, 15) is 4.79 Å². The molecule has 1 aliphatic rings. The van der Waals surface area contributed by atoms with E-state index in [-0.39, 0.29) is 11.9 Å².